The Morgan fingerprint density at radius 2 is 1.67 bits per heavy atom. The van der Waals surface area contributed by atoms with Gasteiger partial charge in [-0.15, -0.1) is 0 Å². The molecule has 0 aliphatic rings. The molecule has 21 heavy (non-hydrogen) atoms. The largest absolute Gasteiger partial charge is 0.243 e. The van der Waals surface area contributed by atoms with Crippen LogP contribution in [0, 0.1) is 27.7 Å². The molecule has 0 saturated heterocycles. The zero-order chi connectivity index (χ0) is 15.8. The molecule has 114 valence electrons. The first-order valence-corrected chi connectivity index (χ1v) is 9.18. The van der Waals surface area contributed by atoms with Gasteiger partial charge < -0.3 is 0 Å². The summed E-state index contributed by atoms with van der Waals surface area (Å²) in [6.07, 6.45) is 0. The summed E-state index contributed by atoms with van der Waals surface area (Å²) in [4.78, 5) is 0.456. The van der Waals surface area contributed by atoms with Gasteiger partial charge in [0.15, 0.2) is 0 Å². The van der Waals surface area contributed by atoms with E-state index in [9.17, 15) is 8.42 Å². The average molecular weight is 323 g/mol. The summed E-state index contributed by atoms with van der Waals surface area (Å²) in [5.74, 6) is 0. The molecule has 0 aliphatic carbocycles. The fraction of sp³-hybridized carbons (Fsp3) is 0.375. The zero-order valence-corrected chi connectivity index (χ0v) is 14.7. The van der Waals surface area contributed by atoms with Crippen LogP contribution in [0.25, 0.3) is 0 Å². The van der Waals surface area contributed by atoms with Crippen LogP contribution in [0.4, 0.5) is 0 Å². The second kappa shape index (κ2) is 5.91. The van der Waals surface area contributed by atoms with Crippen LogP contribution >= 0.6 is 11.3 Å². The third kappa shape index (κ3) is 3.05. The molecule has 0 saturated carbocycles. The van der Waals surface area contributed by atoms with Gasteiger partial charge in [-0.05, 0) is 72.3 Å². The van der Waals surface area contributed by atoms with Crippen LogP contribution in [0.3, 0.4) is 0 Å². The third-order valence-corrected chi connectivity index (χ3v) is 6.76. The second-order valence-corrected chi connectivity index (χ2v) is 8.24. The Morgan fingerprint density at radius 1 is 1.10 bits per heavy atom. The molecule has 0 radical (unpaired) electrons. The highest BCUT2D eigenvalue weighted by Crippen LogP contribution is 2.29. The van der Waals surface area contributed by atoms with Gasteiger partial charge in [-0.2, -0.15) is 15.6 Å². The molecule has 2 rings (SSSR count). The summed E-state index contributed by atoms with van der Waals surface area (Å²) in [6, 6.07) is 4.00. The van der Waals surface area contributed by atoms with E-state index in [2.05, 4.69) is 0 Å². The lowest BCUT2D eigenvalue weighted by Gasteiger charge is -2.21. The molecule has 0 unspecified atom stereocenters. The van der Waals surface area contributed by atoms with Crippen molar-refractivity contribution in [1.82, 2.24) is 4.31 Å². The SMILES string of the molecule is Cc1cc(C)c(C)c(S(=O)(=O)N(C)Cc2ccsc2)c1C. The number of aryl methyl sites for hydroxylation is 2. The monoisotopic (exact) mass is 323 g/mol. The van der Waals surface area contributed by atoms with E-state index in [0.717, 1.165) is 27.8 Å². The van der Waals surface area contributed by atoms with Crippen LogP contribution in [-0.4, -0.2) is 19.8 Å². The van der Waals surface area contributed by atoms with Crippen molar-refractivity contribution < 1.29 is 8.42 Å². The van der Waals surface area contributed by atoms with E-state index in [1.54, 1.807) is 18.4 Å². The first-order valence-electron chi connectivity index (χ1n) is 6.80. The van der Waals surface area contributed by atoms with E-state index < -0.39 is 10.0 Å². The first kappa shape index (κ1) is 16.2. The summed E-state index contributed by atoms with van der Waals surface area (Å²) in [7, 11) is -1.84. The Morgan fingerprint density at radius 3 is 2.14 bits per heavy atom. The summed E-state index contributed by atoms with van der Waals surface area (Å²) in [5, 5.41) is 3.94. The molecular formula is C16H21NO2S2. The fourth-order valence-electron chi connectivity index (χ4n) is 2.45. The third-order valence-electron chi connectivity index (χ3n) is 3.95. The van der Waals surface area contributed by atoms with Crippen molar-refractivity contribution >= 4 is 21.4 Å². The van der Waals surface area contributed by atoms with Gasteiger partial charge in [0, 0.05) is 13.6 Å². The maximum atomic E-state index is 12.9. The van der Waals surface area contributed by atoms with Crippen LogP contribution in [0.1, 0.15) is 27.8 Å². The van der Waals surface area contributed by atoms with Crippen molar-refractivity contribution in [2.75, 3.05) is 7.05 Å². The molecule has 3 nitrogen and oxygen atoms in total. The minimum atomic E-state index is -3.48. The molecule has 2 aromatic rings. The van der Waals surface area contributed by atoms with Gasteiger partial charge in [0.25, 0.3) is 0 Å². The van der Waals surface area contributed by atoms with E-state index in [-0.39, 0.29) is 0 Å². The number of thiophene rings is 1. The molecule has 5 heteroatoms. The Kier molecular flexibility index (Phi) is 4.56. The van der Waals surface area contributed by atoms with Crippen molar-refractivity contribution in [1.29, 1.82) is 0 Å². The van der Waals surface area contributed by atoms with Crippen LogP contribution < -0.4 is 0 Å². The number of nitrogens with zero attached hydrogens (tertiary/aromatic N) is 1. The lowest BCUT2D eigenvalue weighted by Crippen LogP contribution is -2.28. The highest BCUT2D eigenvalue weighted by atomic mass is 32.2. The Labute approximate surface area is 131 Å². The normalized spacial score (nSPS) is 12.1. The Hall–Kier alpha value is -1.17. The van der Waals surface area contributed by atoms with Crippen molar-refractivity contribution in [3.05, 3.63) is 50.7 Å². The fourth-order valence-corrected chi connectivity index (χ4v) is 4.83. The van der Waals surface area contributed by atoms with Gasteiger partial charge >= 0.3 is 0 Å². The number of hydrogen-bond donors (Lipinski definition) is 0. The summed E-state index contributed by atoms with van der Waals surface area (Å²) >= 11 is 1.58. The molecule has 0 bridgehead atoms. The molecule has 1 aromatic heterocycles. The maximum Gasteiger partial charge on any atom is 0.243 e. The quantitative estimate of drug-likeness (QED) is 0.858. The minimum absolute atomic E-state index is 0.400. The number of benzene rings is 1. The lowest BCUT2D eigenvalue weighted by molar-refractivity contribution is 0.466. The van der Waals surface area contributed by atoms with Crippen LogP contribution in [0.5, 0.6) is 0 Å². The topological polar surface area (TPSA) is 37.4 Å². The second-order valence-electron chi connectivity index (χ2n) is 5.48. The number of hydrogen-bond acceptors (Lipinski definition) is 3. The van der Waals surface area contributed by atoms with Crippen LogP contribution in [0.15, 0.2) is 27.8 Å². The van der Waals surface area contributed by atoms with Gasteiger partial charge in [-0.25, -0.2) is 8.42 Å². The summed E-state index contributed by atoms with van der Waals surface area (Å²) in [6.45, 7) is 8.08. The summed E-state index contributed by atoms with van der Waals surface area (Å²) in [5.41, 5.74) is 4.73. The molecule has 0 atom stereocenters. The molecule has 0 aliphatic heterocycles. The molecule has 1 aromatic carbocycles. The van der Waals surface area contributed by atoms with Gasteiger partial charge in [-0.3, -0.25) is 0 Å². The molecular weight excluding hydrogens is 302 g/mol. The van der Waals surface area contributed by atoms with Gasteiger partial charge in [0.2, 0.25) is 10.0 Å². The molecule has 1 heterocycles. The maximum absolute atomic E-state index is 12.9. The smallest absolute Gasteiger partial charge is 0.207 e. The number of sulfonamides is 1. The lowest BCUT2D eigenvalue weighted by atomic mass is 10.0. The predicted molar refractivity (Wildman–Crippen MR) is 88.4 cm³/mol. The van der Waals surface area contributed by atoms with Crippen molar-refractivity contribution in [3.8, 4) is 0 Å². The van der Waals surface area contributed by atoms with Crippen molar-refractivity contribution in [2.24, 2.45) is 0 Å². The predicted octanol–water partition coefficient (Wildman–Crippen LogP) is 3.80. The van der Waals surface area contributed by atoms with Crippen LogP contribution in [0.2, 0.25) is 0 Å². The van der Waals surface area contributed by atoms with Crippen molar-refractivity contribution in [2.45, 2.75) is 39.1 Å². The van der Waals surface area contributed by atoms with E-state index in [0.29, 0.717) is 11.4 Å². The van der Waals surface area contributed by atoms with Gasteiger partial charge in [0.1, 0.15) is 0 Å². The highest BCUT2D eigenvalue weighted by molar-refractivity contribution is 7.89. The summed E-state index contributed by atoms with van der Waals surface area (Å²) < 4.78 is 27.3. The highest BCUT2D eigenvalue weighted by Gasteiger charge is 2.26. The Balaban J connectivity index is 2.49. The van der Waals surface area contributed by atoms with E-state index >= 15 is 0 Å². The number of rotatable bonds is 4. The molecule has 0 amide bonds. The molecule has 0 N–H and O–H groups in total. The van der Waals surface area contributed by atoms with Crippen molar-refractivity contribution in [3.63, 3.8) is 0 Å². The van der Waals surface area contributed by atoms with Gasteiger partial charge in [-0.1, -0.05) is 6.07 Å². The molecule has 0 fully saturated rings. The van der Waals surface area contributed by atoms with E-state index in [1.165, 1.54) is 4.31 Å². The average Bonchev–Trinajstić information content (AvgIpc) is 2.89. The van der Waals surface area contributed by atoms with E-state index in [4.69, 9.17) is 0 Å². The van der Waals surface area contributed by atoms with Crippen LogP contribution in [-0.2, 0) is 16.6 Å². The van der Waals surface area contributed by atoms with Gasteiger partial charge in [0.05, 0.1) is 4.90 Å². The minimum Gasteiger partial charge on any atom is -0.207 e. The standard InChI is InChI=1S/C16H21NO2S2/c1-11-8-12(2)14(4)16(13(11)3)21(18,19)17(5)9-15-6-7-20-10-15/h6-8,10H,9H2,1-5H3. The van der Waals surface area contributed by atoms with E-state index in [1.807, 2.05) is 50.6 Å². The molecule has 0 spiro atoms. The first-order chi connectivity index (χ1) is 9.75. The Bertz CT molecular complexity index is 721. The zero-order valence-electron chi connectivity index (χ0n) is 13.1.